The minimum Gasteiger partial charge on any atom is -0.462 e. The number of ether oxygens (including phenoxy) is 9. The van der Waals surface area contributed by atoms with Crippen LogP contribution in [0, 0.1) is 11.8 Å². The van der Waals surface area contributed by atoms with Gasteiger partial charge in [-0.25, -0.2) is 0 Å². The maximum atomic E-state index is 13.3. The molecule has 0 amide bonds. The lowest BCUT2D eigenvalue weighted by molar-refractivity contribution is -0.345. The van der Waals surface area contributed by atoms with E-state index in [2.05, 4.69) is 0 Å². The van der Waals surface area contributed by atoms with E-state index in [-0.39, 0.29) is 25.7 Å². The molecule has 17 heteroatoms. The van der Waals surface area contributed by atoms with Gasteiger partial charge in [0.2, 0.25) is 0 Å². The van der Waals surface area contributed by atoms with Crippen LogP contribution < -0.4 is 0 Å². The van der Waals surface area contributed by atoms with Gasteiger partial charge >= 0.3 is 23.9 Å². The number of cyclic esters (lactones) is 1. The number of esters is 4. The largest absolute Gasteiger partial charge is 0.462 e. The lowest BCUT2D eigenvalue weighted by Gasteiger charge is -2.51. The minimum atomic E-state index is -1.52. The Balaban J connectivity index is 2.09. The number of carbonyl (C=O) groups is 5. The number of methoxy groups -OCH3 is 1. The number of likely N-dealkylation sites (N-methyl/N-ethyl adjacent to an activating group) is 1. The fraction of sp³-hybridized carbons (Fsp3) is 0.791. The molecule has 0 aromatic heterocycles. The van der Waals surface area contributed by atoms with Crippen LogP contribution in [0.5, 0.6) is 0 Å². The van der Waals surface area contributed by atoms with Crippen molar-refractivity contribution in [3.05, 3.63) is 24.3 Å². The van der Waals surface area contributed by atoms with E-state index in [0.717, 1.165) is 0 Å². The summed E-state index contributed by atoms with van der Waals surface area (Å²) >= 11 is 0. The number of allylic oxidation sites excluding steroid dienone is 2. The van der Waals surface area contributed by atoms with Crippen LogP contribution in [0.1, 0.15) is 100 Å². The molecule has 0 aromatic carbocycles. The lowest BCUT2D eigenvalue weighted by atomic mass is 9.82. The maximum Gasteiger partial charge on any atom is 0.309 e. The van der Waals surface area contributed by atoms with Crippen molar-refractivity contribution in [1.82, 2.24) is 4.90 Å². The van der Waals surface area contributed by atoms with Gasteiger partial charge in [-0.2, -0.15) is 0 Å². The van der Waals surface area contributed by atoms with Crippen LogP contribution in [0.25, 0.3) is 0 Å². The number of hydrogen-bond acceptors (Lipinski definition) is 17. The summed E-state index contributed by atoms with van der Waals surface area (Å²) in [7, 11) is 4.86. The van der Waals surface area contributed by atoms with Gasteiger partial charge in [0.15, 0.2) is 24.8 Å². The summed E-state index contributed by atoms with van der Waals surface area (Å²) < 4.78 is 55.0. The first kappa shape index (κ1) is 51.1. The molecule has 0 radical (unpaired) electrons. The van der Waals surface area contributed by atoms with Crippen molar-refractivity contribution in [2.24, 2.45) is 11.8 Å². The summed E-state index contributed by atoms with van der Waals surface area (Å²) in [5.41, 5.74) is -1.52. The highest BCUT2D eigenvalue weighted by molar-refractivity contribution is 5.72. The molecule has 0 bridgehead atoms. The van der Waals surface area contributed by atoms with Crippen LogP contribution >= 0.6 is 0 Å². The topological polar surface area (TPSA) is 212 Å². The minimum absolute atomic E-state index is 0.0673. The van der Waals surface area contributed by atoms with Crippen LogP contribution in [-0.2, 0) is 66.6 Å². The molecule has 17 nitrogen and oxygen atoms in total. The Labute approximate surface area is 354 Å². The summed E-state index contributed by atoms with van der Waals surface area (Å²) in [6.45, 7) is 12.8. The molecule has 2 fully saturated rings. The fourth-order valence-corrected chi connectivity index (χ4v) is 8.25. The molecule has 342 valence electrons. The number of aliphatic hydroxyl groups is 2. The number of hydrogen-bond donors (Lipinski definition) is 2. The van der Waals surface area contributed by atoms with Crippen molar-refractivity contribution < 1.29 is 76.8 Å². The number of carbonyl (C=O) groups excluding carboxylic acids is 5. The molecule has 3 aliphatic rings. The summed E-state index contributed by atoms with van der Waals surface area (Å²) in [6, 6.07) is -0.775. The predicted octanol–water partition coefficient (Wildman–Crippen LogP) is 3.34. The Morgan fingerprint density at radius 1 is 0.950 bits per heavy atom. The van der Waals surface area contributed by atoms with E-state index in [1.807, 2.05) is 13.8 Å². The molecule has 3 rings (SSSR count). The van der Waals surface area contributed by atoms with Crippen LogP contribution in [0.15, 0.2) is 24.3 Å². The molecule has 16 atom stereocenters. The third-order valence-corrected chi connectivity index (χ3v) is 11.1. The predicted molar refractivity (Wildman–Crippen MR) is 215 cm³/mol. The average molecular weight is 856 g/mol. The molecule has 0 unspecified atom stereocenters. The quantitative estimate of drug-likeness (QED) is 0.155. The van der Waals surface area contributed by atoms with Crippen LogP contribution in [0.4, 0.5) is 0 Å². The highest BCUT2D eigenvalue weighted by Crippen LogP contribution is 2.38. The number of nitrogens with zero attached hydrogens (tertiary/aromatic N) is 1. The Morgan fingerprint density at radius 2 is 1.63 bits per heavy atom. The van der Waals surface area contributed by atoms with E-state index >= 15 is 0 Å². The van der Waals surface area contributed by atoms with Crippen LogP contribution in [0.2, 0.25) is 0 Å². The molecule has 3 aliphatic heterocycles. The van der Waals surface area contributed by atoms with Crippen molar-refractivity contribution in [2.75, 3.05) is 21.2 Å². The average Bonchev–Trinajstić information content (AvgIpc) is 3.13. The second-order valence-electron chi connectivity index (χ2n) is 16.7. The third kappa shape index (κ3) is 14.7. The molecule has 0 aromatic rings. The van der Waals surface area contributed by atoms with Gasteiger partial charge in [-0.05, 0) is 66.5 Å². The van der Waals surface area contributed by atoms with E-state index in [0.29, 0.717) is 19.1 Å². The zero-order chi connectivity index (χ0) is 44.9. The smallest absolute Gasteiger partial charge is 0.309 e. The molecule has 0 aliphatic carbocycles. The number of aldehydes is 1. The van der Waals surface area contributed by atoms with Crippen molar-refractivity contribution >= 4 is 30.2 Å². The first-order chi connectivity index (χ1) is 28.2. The molecule has 3 heterocycles. The zero-order valence-corrected chi connectivity index (χ0v) is 37.1. The first-order valence-corrected chi connectivity index (χ1v) is 20.9. The summed E-state index contributed by atoms with van der Waals surface area (Å²) in [5.74, 6) is -3.66. The van der Waals surface area contributed by atoms with Crippen LogP contribution in [-0.4, -0.2) is 152 Å². The van der Waals surface area contributed by atoms with Gasteiger partial charge in [0.1, 0.15) is 36.3 Å². The second-order valence-corrected chi connectivity index (χ2v) is 16.7. The molecule has 60 heavy (non-hydrogen) atoms. The third-order valence-electron chi connectivity index (χ3n) is 11.1. The van der Waals surface area contributed by atoms with E-state index in [4.69, 9.17) is 42.6 Å². The van der Waals surface area contributed by atoms with E-state index < -0.39 is 127 Å². The lowest BCUT2D eigenvalue weighted by Crippen LogP contribution is -2.66. The Hall–Kier alpha value is -3.29. The van der Waals surface area contributed by atoms with E-state index in [1.54, 1.807) is 71.0 Å². The molecule has 0 saturated carbocycles. The molecular formula is C43H69NO16. The molecule has 0 spiro atoms. The Kier molecular flexibility index (Phi) is 20.3. The number of aliphatic hydroxyl groups excluding tert-OH is 1. The van der Waals surface area contributed by atoms with Crippen molar-refractivity contribution in [2.45, 2.75) is 186 Å². The Bertz CT molecular complexity index is 1470. The zero-order valence-electron chi connectivity index (χ0n) is 37.1. The summed E-state index contributed by atoms with van der Waals surface area (Å²) in [5, 5.41) is 22.6. The van der Waals surface area contributed by atoms with Crippen molar-refractivity contribution in [3.8, 4) is 0 Å². The second kappa shape index (κ2) is 23.8. The first-order valence-electron chi connectivity index (χ1n) is 20.9. The summed E-state index contributed by atoms with van der Waals surface area (Å²) in [4.78, 5) is 65.3. The van der Waals surface area contributed by atoms with E-state index in [1.165, 1.54) is 21.0 Å². The van der Waals surface area contributed by atoms with Gasteiger partial charge in [-0.15, -0.1) is 0 Å². The molecular weight excluding hydrogens is 786 g/mol. The van der Waals surface area contributed by atoms with Gasteiger partial charge in [0.25, 0.3) is 0 Å². The SMILES string of the molecule is CCCC(=O)O[C@H]1[C@H](C)O[C@@H](O[C@H]2[C@H](N(C)C)[C@@H](OC(C)=O)[C@H](O[C@H]3[C@@H](CC=O)C[C@@H](C)[C@@H](O)/C=C/C=C/C[C@@H](C)OC(=O)C[C@@H](OC(C)=O)[C@@H]3OC)O[C@@H]2C)C[C@@]1(C)O. The number of rotatable bonds is 13. The Morgan fingerprint density at radius 3 is 2.22 bits per heavy atom. The van der Waals surface area contributed by atoms with E-state index in [9.17, 15) is 34.2 Å². The van der Waals surface area contributed by atoms with Gasteiger partial charge in [0.05, 0.1) is 36.9 Å². The normalized spacial score (nSPS) is 39.5. The molecule has 2 saturated heterocycles. The van der Waals surface area contributed by atoms with Gasteiger partial charge in [0, 0.05) is 46.6 Å². The highest BCUT2D eigenvalue weighted by Gasteiger charge is 2.54. The monoisotopic (exact) mass is 855 g/mol. The van der Waals surface area contributed by atoms with Gasteiger partial charge in [-0.3, -0.25) is 19.2 Å². The fourth-order valence-electron chi connectivity index (χ4n) is 8.25. The van der Waals surface area contributed by atoms with Gasteiger partial charge < -0.3 is 62.5 Å². The summed E-state index contributed by atoms with van der Waals surface area (Å²) in [6.07, 6.45) is -3.74. The maximum absolute atomic E-state index is 13.3. The highest BCUT2D eigenvalue weighted by atomic mass is 16.7. The van der Waals surface area contributed by atoms with Crippen LogP contribution in [0.3, 0.4) is 0 Å². The van der Waals surface area contributed by atoms with Crippen molar-refractivity contribution in [1.29, 1.82) is 0 Å². The standard InChI is InChI=1S/C43H69NO16/c1-12-16-33(49)58-41-27(5)54-35(23-43(41,8)51)59-37-26(4)55-42(40(57-29(7)47)36(37)44(9)10)60-38-30(19-20-45)21-24(2)31(48)18-15-13-14-17-25(3)53-34(50)22-32(39(38)52-11)56-28(6)46/h13-15,18,20,24-27,30-32,35-42,48,51H,12,16-17,19,21-23H2,1-11H3/b14-13+,18-15+/t24-,25-,26-,27+,30+,31+,32-,35+,36+,37-,38+,39+,40-,41+,42+,43-/m1/s1. The molecule has 2 N–H and O–H groups in total. The van der Waals surface area contributed by atoms with Crippen molar-refractivity contribution in [3.63, 3.8) is 0 Å². The van der Waals surface area contributed by atoms with Gasteiger partial charge in [-0.1, -0.05) is 38.2 Å².